The minimum atomic E-state index is -0.615. The highest BCUT2D eigenvalue weighted by Crippen LogP contribution is 2.14. The van der Waals surface area contributed by atoms with Crippen LogP contribution in [0.15, 0.2) is 27.5 Å². The van der Waals surface area contributed by atoms with Crippen molar-refractivity contribution in [2.45, 2.75) is 13.5 Å². The van der Waals surface area contributed by atoms with Gasteiger partial charge in [-0.2, -0.15) is 4.98 Å². The Hall–Kier alpha value is -2.44. The summed E-state index contributed by atoms with van der Waals surface area (Å²) < 4.78 is 6.14. The Balaban J connectivity index is 2.57. The van der Waals surface area contributed by atoms with Gasteiger partial charge in [-0.25, -0.2) is 0 Å². The van der Waals surface area contributed by atoms with Crippen molar-refractivity contribution in [2.75, 3.05) is 0 Å². The molecule has 17 heavy (non-hydrogen) atoms. The normalized spacial score (nSPS) is 10.4. The first-order chi connectivity index (χ1) is 8.08. The zero-order chi connectivity index (χ0) is 12.4. The molecule has 88 valence electrons. The van der Waals surface area contributed by atoms with Gasteiger partial charge < -0.3 is 10.3 Å². The van der Waals surface area contributed by atoms with Crippen molar-refractivity contribution >= 4 is 5.91 Å². The Labute approximate surface area is 95.9 Å². The van der Waals surface area contributed by atoms with Gasteiger partial charge in [0.05, 0.1) is 0 Å². The molecule has 0 radical (unpaired) electrons. The molecule has 2 heterocycles. The van der Waals surface area contributed by atoms with E-state index in [0.29, 0.717) is 11.5 Å². The summed E-state index contributed by atoms with van der Waals surface area (Å²) in [7, 11) is 0. The summed E-state index contributed by atoms with van der Waals surface area (Å²) in [6, 6.07) is 4.49. The number of amides is 1. The molecule has 0 saturated carbocycles. The van der Waals surface area contributed by atoms with Crippen molar-refractivity contribution in [3.05, 3.63) is 34.4 Å². The van der Waals surface area contributed by atoms with E-state index < -0.39 is 5.91 Å². The van der Waals surface area contributed by atoms with Crippen LogP contribution in [0.3, 0.4) is 0 Å². The lowest BCUT2D eigenvalue weighted by atomic mass is 10.3. The van der Waals surface area contributed by atoms with E-state index >= 15 is 0 Å². The molecule has 0 aromatic carbocycles. The van der Waals surface area contributed by atoms with Crippen LogP contribution in [0.2, 0.25) is 0 Å². The van der Waals surface area contributed by atoms with E-state index in [-0.39, 0.29) is 18.0 Å². The van der Waals surface area contributed by atoms with Crippen LogP contribution in [-0.4, -0.2) is 20.6 Å². The number of carbonyl (C=O) groups is 1. The number of hydrogen-bond donors (Lipinski definition) is 1. The number of primary amides is 1. The van der Waals surface area contributed by atoms with E-state index in [1.165, 1.54) is 10.6 Å². The first kappa shape index (κ1) is 11.1. The van der Waals surface area contributed by atoms with Gasteiger partial charge in [-0.1, -0.05) is 11.2 Å². The van der Waals surface area contributed by atoms with Crippen LogP contribution in [0.5, 0.6) is 0 Å². The van der Waals surface area contributed by atoms with Gasteiger partial charge >= 0.3 is 0 Å². The molecule has 7 heteroatoms. The summed E-state index contributed by atoms with van der Waals surface area (Å²) in [5, 5.41) is 3.63. The maximum absolute atomic E-state index is 11.6. The second kappa shape index (κ2) is 4.20. The van der Waals surface area contributed by atoms with Crippen LogP contribution >= 0.6 is 0 Å². The zero-order valence-corrected chi connectivity index (χ0v) is 9.08. The van der Waals surface area contributed by atoms with Crippen LogP contribution < -0.4 is 11.3 Å². The fraction of sp³-hybridized carbons (Fsp3) is 0.200. The highest BCUT2D eigenvalue weighted by molar-refractivity contribution is 5.74. The third-order valence-corrected chi connectivity index (χ3v) is 2.11. The number of aromatic nitrogens is 3. The summed E-state index contributed by atoms with van der Waals surface area (Å²) in [6.45, 7) is 1.43. The Morgan fingerprint density at radius 1 is 1.53 bits per heavy atom. The summed E-state index contributed by atoms with van der Waals surface area (Å²) in [6.07, 6.45) is 0. The summed E-state index contributed by atoms with van der Waals surface area (Å²) >= 11 is 0. The first-order valence-electron chi connectivity index (χ1n) is 4.87. The predicted octanol–water partition coefficient (Wildman–Crippen LogP) is -0.308. The molecule has 2 aromatic rings. The van der Waals surface area contributed by atoms with Crippen molar-refractivity contribution < 1.29 is 9.32 Å². The van der Waals surface area contributed by atoms with Crippen LogP contribution in [-0.2, 0) is 11.3 Å². The number of carbonyl (C=O) groups excluding carboxylic acids is 1. The molecule has 0 aliphatic rings. The van der Waals surface area contributed by atoms with Gasteiger partial charge in [-0.15, -0.1) is 0 Å². The standard InChI is InChI=1S/C10H10N4O3/c1-6-12-10(17-13-6)7-3-2-4-9(16)14(7)5-8(11)15/h2-4H,5H2,1H3,(H2,11,15). The van der Waals surface area contributed by atoms with Gasteiger partial charge in [0.1, 0.15) is 12.2 Å². The molecule has 2 aromatic heterocycles. The van der Waals surface area contributed by atoms with Crippen molar-refractivity contribution in [1.29, 1.82) is 0 Å². The summed E-state index contributed by atoms with van der Waals surface area (Å²) in [5.74, 6) is 0.0131. The van der Waals surface area contributed by atoms with E-state index in [1.54, 1.807) is 19.1 Å². The van der Waals surface area contributed by atoms with E-state index in [4.69, 9.17) is 10.3 Å². The molecule has 0 spiro atoms. The van der Waals surface area contributed by atoms with Crippen molar-refractivity contribution in [3.63, 3.8) is 0 Å². The van der Waals surface area contributed by atoms with E-state index in [0.717, 1.165) is 0 Å². The van der Waals surface area contributed by atoms with Crippen LogP contribution in [0.25, 0.3) is 11.6 Å². The lowest BCUT2D eigenvalue weighted by molar-refractivity contribution is -0.118. The molecule has 0 saturated heterocycles. The third kappa shape index (κ3) is 2.22. The Bertz CT molecular complexity index is 614. The van der Waals surface area contributed by atoms with Gasteiger partial charge in [0.15, 0.2) is 5.82 Å². The van der Waals surface area contributed by atoms with Crippen molar-refractivity contribution in [3.8, 4) is 11.6 Å². The maximum Gasteiger partial charge on any atom is 0.274 e. The summed E-state index contributed by atoms with van der Waals surface area (Å²) in [5.41, 5.74) is 5.10. The van der Waals surface area contributed by atoms with Gasteiger partial charge in [0, 0.05) is 6.07 Å². The fourth-order valence-corrected chi connectivity index (χ4v) is 1.43. The quantitative estimate of drug-likeness (QED) is 0.784. The van der Waals surface area contributed by atoms with Gasteiger partial charge in [-0.05, 0) is 13.0 Å². The smallest absolute Gasteiger partial charge is 0.274 e. The number of hydrogen-bond acceptors (Lipinski definition) is 5. The first-order valence-corrected chi connectivity index (χ1v) is 4.87. The minimum Gasteiger partial charge on any atom is -0.368 e. The molecule has 0 aliphatic heterocycles. The SMILES string of the molecule is Cc1noc(-c2cccc(=O)n2CC(N)=O)n1. The van der Waals surface area contributed by atoms with Crippen LogP contribution in [0, 0.1) is 6.92 Å². The van der Waals surface area contributed by atoms with Gasteiger partial charge in [0.25, 0.3) is 11.4 Å². The van der Waals surface area contributed by atoms with Gasteiger partial charge in [-0.3, -0.25) is 14.2 Å². The molecule has 2 rings (SSSR count). The van der Waals surface area contributed by atoms with Crippen LogP contribution in [0.4, 0.5) is 0 Å². The Morgan fingerprint density at radius 3 is 2.88 bits per heavy atom. The molecule has 0 fully saturated rings. The topological polar surface area (TPSA) is 104 Å². The van der Waals surface area contributed by atoms with Gasteiger partial charge in [0.2, 0.25) is 5.91 Å². The Morgan fingerprint density at radius 2 is 2.29 bits per heavy atom. The zero-order valence-electron chi connectivity index (χ0n) is 9.08. The number of rotatable bonds is 3. The maximum atomic E-state index is 11.6. The molecule has 1 amide bonds. The average Bonchev–Trinajstić information content (AvgIpc) is 2.67. The lowest BCUT2D eigenvalue weighted by Crippen LogP contribution is -2.28. The van der Waals surface area contributed by atoms with E-state index in [9.17, 15) is 9.59 Å². The molecular formula is C10H10N4O3. The van der Waals surface area contributed by atoms with Crippen molar-refractivity contribution in [1.82, 2.24) is 14.7 Å². The third-order valence-electron chi connectivity index (χ3n) is 2.11. The highest BCUT2D eigenvalue weighted by atomic mass is 16.5. The molecule has 0 bridgehead atoms. The minimum absolute atomic E-state index is 0.182. The largest absolute Gasteiger partial charge is 0.368 e. The number of nitrogens with two attached hydrogens (primary N) is 1. The fourth-order valence-electron chi connectivity index (χ4n) is 1.43. The highest BCUT2D eigenvalue weighted by Gasteiger charge is 2.13. The van der Waals surface area contributed by atoms with Crippen LogP contribution in [0.1, 0.15) is 5.82 Å². The number of aryl methyl sites for hydroxylation is 1. The number of pyridine rings is 1. The molecule has 7 nitrogen and oxygen atoms in total. The predicted molar refractivity (Wildman–Crippen MR) is 57.9 cm³/mol. The molecule has 0 aliphatic carbocycles. The van der Waals surface area contributed by atoms with Crippen molar-refractivity contribution in [2.24, 2.45) is 5.73 Å². The molecular weight excluding hydrogens is 224 g/mol. The van der Waals surface area contributed by atoms with E-state index in [2.05, 4.69) is 10.1 Å². The Kier molecular flexibility index (Phi) is 2.73. The average molecular weight is 234 g/mol. The second-order valence-corrected chi connectivity index (χ2v) is 3.45. The second-order valence-electron chi connectivity index (χ2n) is 3.45. The van der Waals surface area contributed by atoms with E-state index in [1.807, 2.05) is 0 Å². The molecule has 0 atom stereocenters. The molecule has 2 N–H and O–H groups in total. The molecule has 0 unspecified atom stereocenters. The number of nitrogens with zero attached hydrogens (tertiary/aromatic N) is 3. The monoisotopic (exact) mass is 234 g/mol. The summed E-state index contributed by atoms with van der Waals surface area (Å²) in [4.78, 5) is 26.5. The lowest BCUT2D eigenvalue weighted by Gasteiger charge is -2.06.